The summed E-state index contributed by atoms with van der Waals surface area (Å²) in [5.74, 6) is -0.0344. The normalized spacial score (nSPS) is 13.3. The minimum atomic E-state index is -0.462. The van der Waals surface area contributed by atoms with E-state index in [-0.39, 0.29) is 16.3 Å². The third-order valence-electron chi connectivity index (χ3n) is 3.58. The molecule has 23 heavy (non-hydrogen) atoms. The third kappa shape index (κ3) is 4.26. The van der Waals surface area contributed by atoms with Crippen molar-refractivity contribution in [3.63, 3.8) is 0 Å². The van der Waals surface area contributed by atoms with Crippen LogP contribution in [0, 0.1) is 10.1 Å². The molecule has 0 saturated heterocycles. The average Bonchev–Trinajstić information content (AvgIpc) is 2.60. The molecule has 0 aliphatic rings. The molecule has 4 nitrogen and oxygen atoms in total. The van der Waals surface area contributed by atoms with Crippen molar-refractivity contribution in [1.82, 2.24) is 0 Å². The molecule has 0 unspecified atom stereocenters. The number of nitro benzene ring substituents is 1. The van der Waals surface area contributed by atoms with Crippen LogP contribution in [0.2, 0.25) is 0 Å². The van der Waals surface area contributed by atoms with Gasteiger partial charge in [-0.1, -0.05) is 75.2 Å². The van der Waals surface area contributed by atoms with Crippen LogP contribution in [-0.2, 0) is 6.42 Å². The van der Waals surface area contributed by atoms with Gasteiger partial charge >= 0.3 is 0 Å². The van der Waals surface area contributed by atoms with Crippen LogP contribution >= 0.6 is 31.9 Å². The van der Waals surface area contributed by atoms with Gasteiger partial charge in [0.2, 0.25) is 0 Å². The van der Waals surface area contributed by atoms with E-state index in [1.54, 1.807) is 12.1 Å². The number of aryl methyl sites for hydroxylation is 1. The number of carbonyl (C=O) groups is 1. The van der Waals surface area contributed by atoms with Gasteiger partial charge in [-0.2, -0.15) is 0 Å². The number of carbonyl (C=O) groups excluding carboxylic acids is 1. The van der Waals surface area contributed by atoms with E-state index in [0.717, 1.165) is 12.0 Å². The Morgan fingerprint density at radius 3 is 2.13 bits per heavy atom. The van der Waals surface area contributed by atoms with Crippen LogP contribution in [-0.4, -0.2) is 15.5 Å². The topological polar surface area (TPSA) is 60.2 Å². The van der Waals surface area contributed by atoms with Crippen LogP contribution in [0.1, 0.15) is 33.2 Å². The number of hydrogen-bond donors (Lipinski definition) is 0. The molecule has 0 heterocycles. The summed E-state index contributed by atoms with van der Waals surface area (Å²) in [5.41, 5.74) is 2.64. The summed E-state index contributed by atoms with van der Waals surface area (Å²) in [6.45, 7) is 2.06. The van der Waals surface area contributed by atoms with E-state index >= 15 is 0 Å². The highest BCUT2D eigenvalue weighted by molar-refractivity contribution is 9.12. The number of halogens is 2. The van der Waals surface area contributed by atoms with E-state index in [4.69, 9.17) is 0 Å². The Labute approximate surface area is 151 Å². The third-order valence-corrected chi connectivity index (χ3v) is 6.29. The molecule has 0 saturated carbocycles. The largest absolute Gasteiger partial charge is 0.293 e. The van der Waals surface area contributed by atoms with E-state index < -0.39 is 9.75 Å². The van der Waals surface area contributed by atoms with Gasteiger partial charge in [0, 0.05) is 17.7 Å². The van der Waals surface area contributed by atoms with Crippen molar-refractivity contribution in [2.24, 2.45) is 0 Å². The summed E-state index contributed by atoms with van der Waals surface area (Å²) in [7, 11) is 0. The number of Topliss-reactive ketones (excluding diaryl/α,β-unsaturated/α-hetero) is 1. The Bertz CT molecular complexity index is 699. The SMILES string of the molecule is CCc1ccc(C(=O)[C@@H](Br)[C@@H](Br)c2ccc([N+](=O)[O-])cc2)cc1. The highest BCUT2D eigenvalue weighted by Crippen LogP contribution is 2.34. The molecule has 0 bridgehead atoms. The maximum Gasteiger partial charge on any atom is 0.269 e. The van der Waals surface area contributed by atoms with E-state index in [1.165, 1.54) is 17.7 Å². The van der Waals surface area contributed by atoms with Crippen molar-refractivity contribution < 1.29 is 9.72 Å². The van der Waals surface area contributed by atoms with Crippen molar-refractivity contribution in [2.45, 2.75) is 23.0 Å². The van der Waals surface area contributed by atoms with Crippen molar-refractivity contribution in [3.05, 3.63) is 75.3 Å². The molecule has 2 aromatic carbocycles. The maximum atomic E-state index is 12.5. The van der Waals surface area contributed by atoms with Crippen LogP contribution in [0.25, 0.3) is 0 Å². The first kappa shape index (κ1) is 17.8. The number of benzene rings is 2. The van der Waals surface area contributed by atoms with E-state index in [2.05, 4.69) is 38.8 Å². The number of nitrogens with zero attached hydrogens (tertiary/aromatic N) is 1. The summed E-state index contributed by atoms with van der Waals surface area (Å²) >= 11 is 6.94. The molecular weight excluding hydrogens is 426 g/mol. The molecule has 6 heteroatoms. The van der Waals surface area contributed by atoms with Gasteiger partial charge in [-0.05, 0) is 17.5 Å². The van der Waals surface area contributed by atoms with Gasteiger partial charge in [-0.15, -0.1) is 0 Å². The lowest BCUT2D eigenvalue weighted by atomic mass is 10.0. The summed E-state index contributed by atoms with van der Waals surface area (Å²) < 4.78 is 0. The zero-order chi connectivity index (χ0) is 17.0. The summed E-state index contributed by atoms with van der Waals surface area (Å²) in [6.07, 6.45) is 0.927. The van der Waals surface area contributed by atoms with Crippen LogP contribution < -0.4 is 0 Å². The number of hydrogen-bond acceptors (Lipinski definition) is 3. The fourth-order valence-electron chi connectivity index (χ4n) is 2.15. The number of non-ortho nitro benzene ring substituents is 1. The van der Waals surface area contributed by atoms with Gasteiger partial charge in [0.05, 0.1) is 14.6 Å². The first-order valence-electron chi connectivity index (χ1n) is 7.09. The molecule has 120 valence electrons. The average molecular weight is 441 g/mol. The monoisotopic (exact) mass is 439 g/mol. The second-order valence-corrected chi connectivity index (χ2v) is 7.04. The Hall–Kier alpha value is -1.53. The minimum Gasteiger partial charge on any atom is -0.293 e. The molecule has 2 rings (SSSR count). The fourth-order valence-corrected chi connectivity index (χ4v) is 3.26. The van der Waals surface area contributed by atoms with Crippen LogP contribution in [0.3, 0.4) is 0 Å². The molecule has 2 aromatic rings. The Balaban J connectivity index is 2.15. The summed E-state index contributed by atoms with van der Waals surface area (Å²) in [5, 5.41) is 10.7. The van der Waals surface area contributed by atoms with Crippen molar-refractivity contribution in [1.29, 1.82) is 0 Å². The Morgan fingerprint density at radius 1 is 1.09 bits per heavy atom. The standard InChI is InChI=1S/C17H15Br2NO3/c1-2-11-3-5-13(6-4-11)17(21)16(19)15(18)12-7-9-14(10-8-12)20(22)23/h3-10,15-16H,2H2,1H3/t15-,16-/m0/s1. The van der Waals surface area contributed by atoms with Gasteiger partial charge in [0.1, 0.15) is 0 Å². The van der Waals surface area contributed by atoms with Crippen LogP contribution in [0.4, 0.5) is 5.69 Å². The molecule has 0 N–H and O–H groups in total. The maximum absolute atomic E-state index is 12.5. The van der Waals surface area contributed by atoms with Gasteiger partial charge in [-0.3, -0.25) is 14.9 Å². The molecule has 0 radical (unpaired) electrons. The van der Waals surface area contributed by atoms with E-state index in [9.17, 15) is 14.9 Å². The van der Waals surface area contributed by atoms with E-state index in [1.807, 2.05) is 24.3 Å². The van der Waals surface area contributed by atoms with Gasteiger partial charge in [-0.25, -0.2) is 0 Å². The second-order valence-electron chi connectivity index (χ2n) is 5.07. The summed E-state index contributed by atoms with van der Waals surface area (Å²) in [6, 6.07) is 13.7. The fraction of sp³-hybridized carbons (Fsp3) is 0.235. The number of ketones is 1. The first-order valence-corrected chi connectivity index (χ1v) is 8.92. The quantitative estimate of drug-likeness (QED) is 0.267. The van der Waals surface area contributed by atoms with Crippen molar-refractivity contribution in [2.75, 3.05) is 0 Å². The van der Waals surface area contributed by atoms with Gasteiger partial charge in [0.15, 0.2) is 5.78 Å². The summed E-state index contributed by atoms with van der Waals surface area (Å²) in [4.78, 5) is 22.1. The first-order chi connectivity index (χ1) is 10.9. The van der Waals surface area contributed by atoms with Gasteiger partial charge < -0.3 is 0 Å². The molecule has 0 amide bonds. The number of rotatable bonds is 6. The lowest BCUT2D eigenvalue weighted by Crippen LogP contribution is -2.19. The molecule has 0 aliphatic heterocycles. The molecular formula is C17H15Br2NO3. The highest BCUT2D eigenvalue weighted by Gasteiger charge is 2.26. The molecule has 2 atom stereocenters. The minimum absolute atomic E-state index is 0.0288. The zero-order valence-electron chi connectivity index (χ0n) is 12.4. The smallest absolute Gasteiger partial charge is 0.269 e. The predicted molar refractivity (Wildman–Crippen MR) is 97.6 cm³/mol. The lowest BCUT2D eigenvalue weighted by Gasteiger charge is -2.16. The second kappa shape index (κ2) is 7.84. The molecule has 0 fully saturated rings. The Kier molecular flexibility index (Phi) is 6.07. The highest BCUT2D eigenvalue weighted by atomic mass is 79.9. The molecule has 0 aromatic heterocycles. The molecule has 0 aliphatic carbocycles. The molecule has 0 spiro atoms. The van der Waals surface area contributed by atoms with Crippen molar-refractivity contribution in [3.8, 4) is 0 Å². The predicted octanol–water partition coefficient (Wildman–Crippen LogP) is 5.24. The van der Waals surface area contributed by atoms with Crippen LogP contribution in [0.5, 0.6) is 0 Å². The van der Waals surface area contributed by atoms with Crippen molar-refractivity contribution >= 4 is 43.3 Å². The van der Waals surface area contributed by atoms with Crippen LogP contribution in [0.15, 0.2) is 48.5 Å². The number of nitro groups is 1. The van der Waals surface area contributed by atoms with Gasteiger partial charge in [0.25, 0.3) is 5.69 Å². The number of alkyl halides is 2. The lowest BCUT2D eigenvalue weighted by molar-refractivity contribution is -0.384. The van der Waals surface area contributed by atoms with E-state index in [0.29, 0.717) is 5.56 Å². The Morgan fingerprint density at radius 2 is 1.65 bits per heavy atom. The zero-order valence-corrected chi connectivity index (χ0v) is 15.6.